The molecule has 5 aromatic rings. The Morgan fingerprint density at radius 3 is 2.20 bits per heavy atom. The third-order valence-electron chi connectivity index (χ3n) is 10.3. The molecule has 4 amide bonds. The van der Waals surface area contributed by atoms with Crippen molar-refractivity contribution in [3.63, 3.8) is 0 Å². The second-order valence-electron chi connectivity index (χ2n) is 14.1. The first-order chi connectivity index (χ1) is 26.0. The average Bonchev–Trinajstić information content (AvgIpc) is 3.78. The molecule has 2 fully saturated rings. The summed E-state index contributed by atoms with van der Waals surface area (Å²) in [6, 6.07) is 22.8. The number of imide groups is 2. The standard InChI is InChI=1S/C40H36FN7O6/c1-40(2,23-3-8-27(9-4-23)53-22-33-32(41)13-15-35(45-33)48-42-17-18-43-48)24-5-10-28(11-6-24)54-29-19-26(20-29)44-25-7-12-30-31(21-25)39(52)47(38(30)51)34-14-16-36(49)46-37(34)50/h3-13,15,17-18,21,26,29,34,44H,14,16,19-20,22H2,1-2H3,(H,46,49,50). The van der Waals surface area contributed by atoms with Gasteiger partial charge < -0.3 is 14.8 Å². The predicted octanol–water partition coefficient (Wildman–Crippen LogP) is 5.13. The van der Waals surface area contributed by atoms with E-state index in [-0.39, 0.29) is 53.8 Å². The molecule has 0 spiro atoms. The largest absolute Gasteiger partial charge is 0.490 e. The summed E-state index contributed by atoms with van der Waals surface area (Å²) in [5.41, 5.74) is 3.21. The van der Waals surface area contributed by atoms with E-state index in [9.17, 15) is 23.6 Å². The molecular formula is C40H36FN7O6. The van der Waals surface area contributed by atoms with Gasteiger partial charge in [0.05, 0.1) is 23.5 Å². The number of nitrogens with one attached hydrogen (secondary N) is 2. The third kappa shape index (κ3) is 6.66. The number of piperidine rings is 1. The molecule has 2 aliphatic heterocycles. The number of pyridine rings is 1. The number of halogens is 1. The Kier molecular flexibility index (Phi) is 8.88. The average molecular weight is 730 g/mol. The van der Waals surface area contributed by atoms with Crippen LogP contribution in [0.1, 0.15) is 77.1 Å². The molecule has 1 aliphatic carbocycles. The quantitative estimate of drug-likeness (QED) is 0.175. The van der Waals surface area contributed by atoms with Crippen LogP contribution in [0.5, 0.6) is 11.5 Å². The van der Waals surface area contributed by atoms with Crippen molar-refractivity contribution in [2.45, 2.75) is 69.7 Å². The topological polar surface area (TPSA) is 158 Å². The van der Waals surface area contributed by atoms with E-state index in [0.29, 0.717) is 17.3 Å². The Labute approximate surface area is 309 Å². The summed E-state index contributed by atoms with van der Waals surface area (Å²) < 4.78 is 26.5. The highest BCUT2D eigenvalue weighted by Crippen LogP contribution is 2.36. The maximum Gasteiger partial charge on any atom is 0.262 e. The first kappa shape index (κ1) is 34.6. The summed E-state index contributed by atoms with van der Waals surface area (Å²) in [4.78, 5) is 56.7. The third-order valence-corrected chi connectivity index (χ3v) is 10.3. The minimum atomic E-state index is -0.997. The van der Waals surface area contributed by atoms with Gasteiger partial charge in [-0.3, -0.25) is 29.4 Å². The van der Waals surface area contributed by atoms with Gasteiger partial charge in [0.2, 0.25) is 11.8 Å². The highest BCUT2D eigenvalue weighted by molar-refractivity contribution is 6.23. The van der Waals surface area contributed by atoms with E-state index in [4.69, 9.17) is 9.47 Å². The summed E-state index contributed by atoms with van der Waals surface area (Å²) >= 11 is 0. The molecule has 4 heterocycles. The van der Waals surface area contributed by atoms with Gasteiger partial charge in [0.15, 0.2) is 5.82 Å². The van der Waals surface area contributed by atoms with E-state index in [1.54, 1.807) is 18.2 Å². The first-order valence-electron chi connectivity index (χ1n) is 17.7. The molecule has 274 valence electrons. The van der Waals surface area contributed by atoms with Crippen LogP contribution in [-0.2, 0) is 21.6 Å². The zero-order chi connectivity index (χ0) is 37.6. The molecule has 13 nitrogen and oxygen atoms in total. The molecule has 1 saturated carbocycles. The number of carbonyl (C=O) groups is 4. The van der Waals surface area contributed by atoms with Crippen molar-refractivity contribution in [1.82, 2.24) is 30.2 Å². The Hall–Kier alpha value is -6.44. The summed E-state index contributed by atoms with van der Waals surface area (Å²) in [5.74, 6) is -0.814. The second-order valence-corrected chi connectivity index (χ2v) is 14.1. The first-order valence-corrected chi connectivity index (χ1v) is 17.7. The molecule has 14 heteroatoms. The Morgan fingerprint density at radius 1 is 0.852 bits per heavy atom. The second kappa shape index (κ2) is 13.8. The Balaban J connectivity index is 0.828. The summed E-state index contributed by atoms with van der Waals surface area (Å²) in [6.45, 7) is 4.24. The molecule has 1 atom stereocenters. The van der Waals surface area contributed by atoms with Gasteiger partial charge >= 0.3 is 0 Å². The minimum Gasteiger partial charge on any atom is -0.490 e. The number of benzene rings is 3. The summed E-state index contributed by atoms with van der Waals surface area (Å²) in [5, 5.41) is 13.7. The van der Waals surface area contributed by atoms with Crippen LogP contribution < -0.4 is 20.1 Å². The van der Waals surface area contributed by atoms with Crippen LogP contribution >= 0.6 is 0 Å². The fourth-order valence-electron chi connectivity index (χ4n) is 7.02. The van der Waals surface area contributed by atoms with Crippen molar-refractivity contribution in [2.24, 2.45) is 0 Å². The lowest BCUT2D eigenvalue weighted by Gasteiger charge is -2.36. The Morgan fingerprint density at radius 2 is 1.52 bits per heavy atom. The van der Waals surface area contributed by atoms with Crippen molar-refractivity contribution in [3.05, 3.63) is 125 Å². The van der Waals surface area contributed by atoms with Crippen LogP contribution in [0.4, 0.5) is 10.1 Å². The van der Waals surface area contributed by atoms with Gasteiger partial charge in [-0.25, -0.2) is 9.37 Å². The van der Waals surface area contributed by atoms with Crippen LogP contribution in [0.2, 0.25) is 0 Å². The number of carbonyl (C=O) groups excluding carboxylic acids is 4. The molecule has 2 aromatic heterocycles. The molecule has 1 saturated heterocycles. The van der Waals surface area contributed by atoms with Crippen LogP contribution in [0.3, 0.4) is 0 Å². The number of aromatic nitrogens is 4. The number of ether oxygens (including phenoxy) is 2. The number of nitrogens with zero attached hydrogens (tertiary/aromatic N) is 5. The van der Waals surface area contributed by atoms with Crippen LogP contribution in [0.25, 0.3) is 5.82 Å². The van der Waals surface area contributed by atoms with E-state index in [0.717, 1.165) is 34.6 Å². The zero-order valence-electron chi connectivity index (χ0n) is 29.5. The number of anilines is 1. The predicted molar refractivity (Wildman–Crippen MR) is 193 cm³/mol. The monoisotopic (exact) mass is 729 g/mol. The van der Waals surface area contributed by atoms with Crippen molar-refractivity contribution in [2.75, 3.05) is 5.32 Å². The number of rotatable bonds is 11. The smallest absolute Gasteiger partial charge is 0.262 e. The molecule has 54 heavy (non-hydrogen) atoms. The van der Waals surface area contributed by atoms with Gasteiger partial charge in [-0.15, -0.1) is 4.80 Å². The normalized spacial score (nSPS) is 19.6. The fraction of sp³-hybridized carbons (Fsp3) is 0.275. The molecule has 0 radical (unpaired) electrons. The number of fused-ring (bicyclic) bond motifs is 1. The SMILES string of the molecule is CC(C)(c1ccc(OCc2nc(-n3nccn3)ccc2F)cc1)c1ccc(OC2CC(Nc3ccc4c(c3)C(=O)N(C3CCC(=O)NC3=O)C4=O)C2)cc1. The van der Waals surface area contributed by atoms with Gasteiger partial charge in [0.25, 0.3) is 11.8 Å². The molecular weight excluding hydrogens is 693 g/mol. The van der Waals surface area contributed by atoms with Gasteiger partial charge in [0, 0.05) is 36.4 Å². The number of hydrogen-bond donors (Lipinski definition) is 2. The summed E-state index contributed by atoms with van der Waals surface area (Å²) in [6.07, 6.45) is 4.76. The van der Waals surface area contributed by atoms with Crippen molar-refractivity contribution in [3.8, 4) is 17.3 Å². The van der Waals surface area contributed by atoms with Crippen LogP contribution in [0.15, 0.2) is 91.3 Å². The van der Waals surface area contributed by atoms with Crippen LogP contribution in [0, 0.1) is 5.82 Å². The van der Waals surface area contributed by atoms with Gasteiger partial charge in [-0.2, -0.15) is 10.2 Å². The molecule has 3 aliphatic rings. The molecule has 0 bridgehead atoms. The molecule has 3 aromatic carbocycles. The lowest BCUT2D eigenvalue weighted by atomic mass is 9.78. The van der Waals surface area contributed by atoms with Gasteiger partial charge in [-0.05, 0) is 72.1 Å². The van der Waals surface area contributed by atoms with Gasteiger partial charge in [-0.1, -0.05) is 38.1 Å². The van der Waals surface area contributed by atoms with Crippen molar-refractivity contribution < 1.29 is 33.0 Å². The number of amides is 4. The molecule has 1 unspecified atom stereocenters. The Bertz CT molecular complexity index is 2250. The highest BCUT2D eigenvalue weighted by Gasteiger charge is 2.45. The summed E-state index contributed by atoms with van der Waals surface area (Å²) in [7, 11) is 0. The van der Waals surface area contributed by atoms with Crippen LogP contribution in [-0.4, -0.2) is 66.7 Å². The van der Waals surface area contributed by atoms with E-state index in [1.165, 1.54) is 29.3 Å². The van der Waals surface area contributed by atoms with E-state index in [1.807, 2.05) is 36.4 Å². The lowest BCUT2D eigenvalue weighted by molar-refractivity contribution is -0.136. The molecule has 8 rings (SSSR count). The van der Waals surface area contributed by atoms with Gasteiger partial charge in [0.1, 0.15) is 41.8 Å². The van der Waals surface area contributed by atoms with Crippen molar-refractivity contribution in [1.29, 1.82) is 0 Å². The van der Waals surface area contributed by atoms with E-state index in [2.05, 4.69) is 51.8 Å². The lowest BCUT2D eigenvalue weighted by Crippen LogP contribution is -2.54. The maximum absolute atomic E-state index is 14.4. The van der Waals surface area contributed by atoms with E-state index >= 15 is 0 Å². The highest BCUT2D eigenvalue weighted by atomic mass is 19.1. The van der Waals surface area contributed by atoms with Crippen molar-refractivity contribution >= 4 is 29.3 Å². The zero-order valence-corrected chi connectivity index (χ0v) is 29.5. The van der Waals surface area contributed by atoms with E-state index < -0.39 is 35.5 Å². The minimum absolute atomic E-state index is 0.0166. The number of hydrogen-bond acceptors (Lipinski definition) is 10. The maximum atomic E-state index is 14.4. The molecule has 2 N–H and O–H groups in total. The fourth-order valence-corrected chi connectivity index (χ4v) is 7.02.